The Morgan fingerprint density at radius 1 is 1.33 bits per heavy atom. The van der Waals surface area contributed by atoms with E-state index in [0.29, 0.717) is 17.3 Å². The fourth-order valence-electron chi connectivity index (χ4n) is 3.35. The highest BCUT2D eigenvalue weighted by atomic mass is 16.5. The predicted octanol–water partition coefficient (Wildman–Crippen LogP) is 2.80. The molecule has 0 bridgehead atoms. The molecule has 7 nitrogen and oxygen atoms in total. The van der Waals surface area contributed by atoms with Gasteiger partial charge in [0.2, 0.25) is 5.76 Å². The molecule has 0 saturated heterocycles. The van der Waals surface area contributed by atoms with Crippen LogP contribution in [0, 0.1) is 5.92 Å². The Bertz CT molecular complexity index is 910. The number of aliphatic hydroxyl groups excluding tert-OH is 1. The lowest BCUT2D eigenvalue weighted by atomic mass is 9.80. The lowest BCUT2D eigenvalue weighted by molar-refractivity contribution is 0.0842. The summed E-state index contributed by atoms with van der Waals surface area (Å²) in [6.45, 7) is 2.49. The van der Waals surface area contributed by atoms with E-state index >= 15 is 0 Å². The molecule has 0 spiro atoms. The van der Waals surface area contributed by atoms with Gasteiger partial charge < -0.3 is 14.9 Å². The number of nitrogens with zero attached hydrogens (tertiary/aromatic N) is 3. The molecule has 1 saturated carbocycles. The van der Waals surface area contributed by atoms with Crippen LogP contribution in [0.2, 0.25) is 0 Å². The molecule has 140 valence electrons. The van der Waals surface area contributed by atoms with Gasteiger partial charge in [0.1, 0.15) is 5.69 Å². The molecule has 1 fully saturated rings. The van der Waals surface area contributed by atoms with Crippen molar-refractivity contribution in [2.24, 2.45) is 5.92 Å². The molecule has 0 unspecified atom stereocenters. The predicted molar refractivity (Wildman–Crippen MR) is 98.8 cm³/mol. The molecular formula is C20H22N4O3. The number of aliphatic hydroxyl groups is 1. The Hall–Kier alpha value is -2.93. The van der Waals surface area contributed by atoms with E-state index in [0.717, 1.165) is 24.9 Å². The summed E-state index contributed by atoms with van der Waals surface area (Å²) in [7, 11) is 0. The second-order valence-corrected chi connectivity index (χ2v) is 7.09. The summed E-state index contributed by atoms with van der Waals surface area (Å²) in [5, 5.41) is 20.9. The minimum atomic E-state index is -0.553. The van der Waals surface area contributed by atoms with Crippen LogP contribution in [0.15, 0.2) is 53.2 Å². The first-order valence-corrected chi connectivity index (χ1v) is 9.13. The van der Waals surface area contributed by atoms with Gasteiger partial charge in [0.05, 0.1) is 11.8 Å². The van der Waals surface area contributed by atoms with Gasteiger partial charge in [-0.25, -0.2) is 0 Å². The molecule has 1 aliphatic rings. The molecular weight excluding hydrogens is 344 g/mol. The smallest absolute Gasteiger partial charge is 0.290 e. The van der Waals surface area contributed by atoms with E-state index < -0.39 is 6.10 Å². The number of nitrogens with one attached hydrogen (secondary N) is 1. The van der Waals surface area contributed by atoms with Gasteiger partial charge >= 0.3 is 0 Å². The minimum Gasteiger partial charge on any atom is -0.387 e. The van der Waals surface area contributed by atoms with Crippen molar-refractivity contribution in [2.75, 3.05) is 0 Å². The zero-order chi connectivity index (χ0) is 18.8. The number of rotatable bonds is 6. The zero-order valence-electron chi connectivity index (χ0n) is 15.1. The normalized spacial score (nSPS) is 20.1. The summed E-state index contributed by atoms with van der Waals surface area (Å²) in [6.07, 6.45) is 3.13. The van der Waals surface area contributed by atoms with Crippen molar-refractivity contribution in [3.8, 4) is 11.3 Å². The van der Waals surface area contributed by atoms with Gasteiger partial charge in [-0.3, -0.25) is 9.48 Å². The van der Waals surface area contributed by atoms with E-state index in [-0.39, 0.29) is 17.7 Å². The first-order chi connectivity index (χ1) is 13.1. The summed E-state index contributed by atoms with van der Waals surface area (Å²) in [5.74, 6) is 0.459. The zero-order valence-corrected chi connectivity index (χ0v) is 15.1. The lowest BCUT2D eigenvalue weighted by Gasteiger charge is -2.35. The second-order valence-electron chi connectivity index (χ2n) is 7.09. The molecule has 2 N–H and O–H groups in total. The maximum atomic E-state index is 12.3. The second kappa shape index (κ2) is 7.36. The number of hydrogen-bond donors (Lipinski definition) is 2. The van der Waals surface area contributed by atoms with E-state index in [1.54, 1.807) is 13.0 Å². The van der Waals surface area contributed by atoms with Crippen LogP contribution < -0.4 is 5.32 Å². The first kappa shape index (κ1) is 17.5. The Labute approximate surface area is 157 Å². The maximum Gasteiger partial charge on any atom is 0.290 e. The average Bonchev–Trinajstić information content (AvgIpc) is 3.30. The molecule has 1 aliphatic carbocycles. The Morgan fingerprint density at radius 3 is 2.81 bits per heavy atom. The van der Waals surface area contributed by atoms with E-state index in [2.05, 4.69) is 15.6 Å². The fraction of sp³-hybridized carbons (Fsp3) is 0.350. The number of hydrogen-bond acceptors (Lipinski definition) is 5. The molecule has 1 aromatic carbocycles. The molecule has 0 radical (unpaired) electrons. The monoisotopic (exact) mass is 366 g/mol. The molecule has 4 rings (SSSR count). The van der Waals surface area contributed by atoms with E-state index in [9.17, 15) is 9.90 Å². The van der Waals surface area contributed by atoms with Crippen LogP contribution in [0.25, 0.3) is 11.3 Å². The van der Waals surface area contributed by atoms with Gasteiger partial charge in [-0.1, -0.05) is 35.5 Å². The molecule has 1 atom stereocenters. The van der Waals surface area contributed by atoms with Crippen LogP contribution in [0.5, 0.6) is 0 Å². The summed E-state index contributed by atoms with van der Waals surface area (Å²) < 4.78 is 7.05. The summed E-state index contributed by atoms with van der Waals surface area (Å²) >= 11 is 0. The van der Waals surface area contributed by atoms with Crippen molar-refractivity contribution >= 4 is 5.91 Å². The van der Waals surface area contributed by atoms with Gasteiger partial charge in [-0.05, 0) is 31.7 Å². The van der Waals surface area contributed by atoms with Crippen LogP contribution in [-0.4, -0.2) is 32.0 Å². The number of carbonyl (C=O) groups excluding carboxylic acids is 1. The van der Waals surface area contributed by atoms with Crippen molar-refractivity contribution in [1.29, 1.82) is 0 Å². The minimum absolute atomic E-state index is 0.138. The average molecular weight is 366 g/mol. The quantitative estimate of drug-likeness (QED) is 0.700. The maximum absolute atomic E-state index is 12.3. The highest BCUT2D eigenvalue weighted by Gasteiger charge is 2.31. The first-order valence-electron chi connectivity index (χ1n) is 9.13. The highest BCUT2D eigenvalue weighted by Crippen LogP contribution is 2.29. The summed E-state index contributed by atoms with van der Waals surface area (Å²) in [5.41, 5.74) is 2.25. The molecule has 3 aromatic rings. The van der Waals surface area contributed by atoms with E-state index in [1.165, 1.54) is 0 Å². The number of carbonyl (C=O) groups is 1. The van der Waals surface area contributed by atoms with Crippen molar-refractivity contribution in [3.05, 3.63) is 60.1 Å². The summed E-state index contributed by atoms with van der Waals surface area (Å²) in [6, 6.07) is 13.3. The Balaban J connectivity index is 1.27. The number of benzene rings is 1. The van der Waals surface area contributed by atoms with Gasteiger partial charge in [-0.15, -0.1) is 0 Å². The van der Waals surface area contributed by atoms with E-state index in [4.69, 9.17) is 4.52 Å². The van der Waals surface area contributed by atoms with Crippen molar-refractivity contribution in [2.45, 2.75) is 38.5 Å². The third-order valence-electron chi connectivity index (χ3n) is 4.91. The van der Waals surface area contributed by atoms with Crippen LogP contribution in [-0.2, 0) is 6.54 Å². The number of amides is 1. The van der Waals surface area contributed by atoms with Crippen LogP contribution >= 0.6 is 0 Å². The molecule has 2 aromatic heterocycles. The van der Waals surface area contributed by atoms with Crippen molar-refractivity contribution < 1.29 is 14.4 Å². The third-order valence-corrected chi connectivity index (χ3v) is 4.91. The van der Waals surface area contributed by atoms with Crippen LogP contribution in [0.1, 0.15) is 42.1 Å². The fourth-order valence-corrected chi connectivity index (χ4v) is 3.35. The Kier molecular flexibility index (Phi) is 4.77. The SMILES string of the molecule is C[C@@H](O)c1ccn(CC2CC(NC(=O)c3cc(-c4ccccc4)no3)C2)n1. The molecule has 2 heterocycles. The molecule has 0 aliphatic heterocycles. The lowest BCUT2D eigenvalue weighted by Crippen LogP contribution is -2.45. The summed E-state index contributed by atoms with van der Waals surface area (Å²) in [4.78, 5) is 12.3. The van der Waals surface area contributed by atoms with Gasteiger partial charge in [0.25, 0.3) is 5.91 Å². The molecule has 27 heavy (non-hydrogen) atoms. The largest absolute Gasteiger partial charge is 0.387 e. The third kappa shape index (κ3) is 3.93. The van der Waals surface area contributed by atoms with Crippen LogP contribution in [0.4, 0.5) is 0 Å². The molecule has 7 heteroatoms. The van der Waals surface area contributed by atoms with Gasteiger partial charge in [0, 0.05) is 30.4 Å². The standard InChI is InChI=1S/C20H22N4O3/c1-13(25)17-7-8-24(22-17)12-14-9-16(10-14)21-20(26)19-11-18(23-27-19)15-5-3-2-4-6-15/h2-8,11,13-14,16,25H,9-10,12H2,1H3,(H,21,26)/t13-,14?,16?/m1/s1. The van der Waals surface area contributed by atoms with Crippen LogP contribution in [0.3, 0.4) is 0 Å². The highest BCUT2D eigenvalue weighted by molar-refractivity contribution is 5.92. The molecule has 1 amide bonds. The van der Waals surface area contributed by atoms with Crippen molar-refractivity contribution in [3.63, 3.8) is 0 Å². The van der Waals surface area contributed by atoms with Gasteiger partial charge in [-0.2, -0.15) is 5.10 Å². The number of aromatic nitrogens is 3. The van der Waals surface area contributed by atoms with E-state index in [1.807, 2.05) is 47.3 Å². The Morgan fingerprint density at radius 2 is 2.11 bits per heavy atom. The topological polar surface area (TPSA) is 93.2 Å². The van der Waals surface area contributed by atoms with Gasteiger partial charge in [0.15, 0.2) is 0 Å². The van der Waals surface area contributed by atoms with Crippen molar-refractivity contribution in [1.82, 2.24) is 20.3 Å².